The molecule has 2 fully saturated rings. The number of aliphatic hydroxyl groups is 1. The molecule has 4 nitrogen and oxygen atoms in total. The first kappa shape index (κ1) is 30.4. The van der Waals surface area contributed by atoms with Gasteiger partial charge >= 0.3 is 5.97 Å². The number of hydrogen-bond donors (Lipinski definition) is 2. The summed E-state index contributed by atoms with van der Waals surface area (Å²) >= 11 is 0. The van der Waals surface area contributed by atoms with Crippen LogP contribution in [0.1, 0.15) is 92.4 Å². The highest BCUT2D eigenvalue weighted by Crippen LogP contribution is 2.42. The van der Waals surface area contributed by atoms with Gasteiger partial charge in [-0.1, -0.05) is 65.5 Å². The molecule has 0 saturated heterocycles. The van der Waals surface area contributed by atoms with Crippen LogP contribution < -0.4 is 0 Å². The summed E-state index contributed by atoms with van der Waals surface area (Å²) in [6.07, 6.45) is 18.2. The standard InChI is InChI=1S/C15H26O.C12H20O3.CH4/c1-5-6-7-8-15-12(2)9-10-14(15)11-13(3)16-4;1-2-3-4-5-10-9(8-12(14)15)6-7-11(10)13;/h6-7,12,14-15H,3,5,8-11H2,1-2,4H3;3-4,9-11,13H,2,5-8H2,1H3,(H,14,15);1H4/b7-6-;4-3-;. The van der Waals surface area contributed by atoms with Crippen molar-refractivity contribution in [3.63, 3.8) is 0 Å². The molecule has 0 bridgehead atoms. The third kappa shape index (κ3) is 10.8. The molecule has 6 atom stereocenters. The van der Waals surface area contributed by atoms with E-state index in [0.29, 0.717) is 0 Å². The topological polar surface area (TPSA) is 66.8 Å². The van der Waals surface area contributed by atoms with Crippen LogP contribution in [0.15, 0.2) is 36.6 Å². The van der Waals surface area contributed by atoms with Crippen LogP contribution in [0, 0.1) is 29.6 Å². The summed E-state index contributed by atoms with van der Waals surface area (Å²) in [5.41, 5.74) is 0. The number of carboxylic acids is 1. The molecule has 0 aromatic carbocycles. The van der Waals surface area contributed by atoms with Crippen molar-refractivity contribution < 1.29 is 19.7 Å². The molecule has 4 heteroatoms. The molecular weight excluding hydrogens is 400 g/mol. The molecule has 0 radical (unpaired) electrons. The van der Waals surface area contributed by atoms with Gasteiger partial charge in [-0.2, -0.15) is 0 Å². The van der Waals surface area contributed by atoms with Crippen LogP contribution in [0.25, 0.3) is 0 Å². The van der Waals surface area contributed by atoms with Gasteiger partial charge in [0.1, 0.15) is 0 Å². The summed E-state index contributed by atoms with van der Waals surface area (Å²) in [6, 6.07) is 0. The van der Waals surface area contributed by atoms with Crippen molar-refractivity contribution >= 4 is 5.97 Å². The maximum Gasteiger partial charge on any atom is 0.303 e. The summed E-state index contributed by atoms with van der Waals surface area (Å²) in [5.74, 6) is 2.96. The first-order chi connectivity index (χ1) is 14.8. The van der Waals surface area contributed by atoms with Gasteiger partial charge in [0, 0.05) is 12.8 Å². The lowest BCUT2D eigenvalue weighted by molar-refractivity contribution is -0.138. The van der Waals surface area contributed by atoms with Crippen molar-refractivity contribution in [2.75, 3.05) is 7.11 Å². The van der Waals surface area contributed by atoms with Crippen LogP contribution in [0.3, 0.4) is 0 Å². The second-order valence-electron chi connectivity index (χ2n) is 9.32. The number of hydrogen-bond acceptors (Lipinski definition) is 3. The van der Waals surface area contributed by atoms with Crippen LogP contribution >= 0.6 is 0 Å². The molecule has 0 spiro atoms. The molecule has 0 aromatic rings. The van der Waals surface area contributed by atoms with Gasteiger partial charge in [-0.05, 0) is 74.5 Å². The average Bonchev–Trinajstić information content (AvgIpc) is 3.25. The van der Waals surface area contributed by atoms with Crippen molar-refractivity contribution in [2.45, 2.75) is 98.5 Å². The largest absolute Gasteiger partial charge is 0.502 e. The van der Waals surface area contributed by atoms with Crippen LogP contribution in [-0.2, 0) is 9.53 Å². The van der Waals surface area contributed by atoms with Crippen LogP contribution in [0.4, 0.5) is 0 Å². The lowest BCUT2D eigenvalue weighted by atomic mass is 9.85. The molecule has 2 saturated carbocycles. The number of carboxylic acid groups (broad SMARTS) is 1. The summed E-state index contributed by atoms with van der Waals surface area (Å²) < 4.78 is 5.21. The zero-order valence-electron chi connectivity index (χ0n) is 20.3. The van der Waals surface area contributed by atoms with E-state index in [9.17, 15) is 9.90 Å². The monoisotopic (exact) mass is 450 g/mol. The Balaban J connectivity index is 0.000000584. The SMILES string of the molecule is C.C=C(CC1CCC(C)C1C/C=C\CC)OC.CC/C=C\CC1C(O)CCC1CC(=O)O. The highest BCUT2D eigenvalue weighted by molar-refractivity contribution is 5.67. The first-order valence-electron chi connectivity index (χ1n) is 12.2. The maximum atomic E-state index is 10.6. The van der Waals surface area contributed by atoms with E-state index in [2.05, 4.69) is 51.7 Å². The smallest absolute Gasteiger partial charge is 0.303 e. The van der Waals surface area contributed by atoms with Crippen molar-refractivity contribution in [1.29, 1.82) is 0 Å². The highest BCUT2D eigenvalue weighted by atomic mass is 16.5. The van der Waals surface area contributed by atoms with E-state index in [4.69, 9.17) is 9.84 Å². The predicted molar refractivity (Wildman–Crippen MR) is 135 cm³/mol. The molecule has 0 amide bonds. The second-order valence-corrected chi connectivity index (χ2v) is 9.32. The number of ether oxygens (including phenoxy) is 1. The Bertz CT molecular complexity index is 580. The van der Waals surface area contributed by atoms with Gasteiger partial charge in [0.25, 0.3) is 0 Å². The van der Waals surface area contributed by atoms with E-state index in [0.717, 1.165) is 62.0 Å². The van der Waals surface area contributed by atoms with Crippen LogP contribution in [0.2, 0.25) is 0 Å². The summed E-state index contributed by atoms with van der Waals surface area (Å²) in [4.78, 5) is 10.6. The molecule has 0 aromatic heterocycles. The Hall–Kier alpha value is -1.55. The molecule has 32 heavy (non-hydrogen) atoms. The maximum absolute atomic E-state index is 10.6. The van der Waals surface area contributed by atoms with E-state index in [1.165, 1.54) is 19.3 Å². The fraction of sp³-hybridized carbons (Fsp3) is 0.750. The van der Waals surface area contributed by atoms with E-state index >= 15 is 0 Å². The first-order valence-corrected chi connectivity index (χ1v) is 12.2. The van der Waals surface area contributed by atoms with Gasteiger partial charge < -0.3 is 14.9 Å². The summed E-state index contributed by atoms with van der Waals surface area (Å²) in [5, 5.41) is 18.5. The molecule has 0 aliphatic heterocycles. The summed E-state index contributed by atoms with van der Waals surface area (Å²) in [6.45, 7) is 10.6. The molecule has 0 heterocycles. The Morgan fingerprint density at radius 3 is 2.00 bits per heavy atom. The van der Waals surface area contributed by atoms with Gasteiger partial charge in [0.2, 0.25) is 0 Å². The minimum absolute atomic E-state index is 0. The van der Waals surface area contributed by atoms with E-state index in [-0.39, 0.29) is 31.8 Å². The Morgan fingerprint density at radius 1 is 0.938 bits per heavy atom. The number of rotatable bonds is 11. The number of carbonyl (C=O) groups is 1. The quantitative estimate of drug-likeness (QED) is 0.254. The molecular formula is C28H50O4. The number of aliphatic carboxylic acids is 1. The average molecular weight is 451 g/mol. The van der Waals surface area contributed by atoms with Gasteiger partial charge in [-0.3, -0.25) is 4.79 Å². The number of allylic oxidation sites excluding steroid dienone is 5. The van der Waals surface area contributed by atoms with Crippen molar-refractivity contribution in [2.24, 2.45) is 29.6 Å². The molecule has 186 valence electrons. The minimum atomic E-state index is -0.751. The third-order valence-corrected chi connectivity index (χ3v) is 7.10. The van der Waals surface area contributed by atoms with Crippen molar-refractivity contribution in [1.82, 2.24) is 0 Å². The third-order valence-electron chi connectivity index (χ3n) is 7.10. The molecule has 2 aliphatic carbocycles. The number of aliphatic hydroxyl groups excluding tert-OH is 1. The minimum Gasteiger partial charge on any atom is -0.502 e. The fourth-order valence-corrected chi connectivity index (χ4v) is 5.22. The normalized spacial score (nSPS) is 29.5. The van der Waals surface area contributed by atoms with Gasteiger partial charge in [-0.15, -0.1) is 0 Å². The fourth-order valence-electron chi connectivity index (χ4n) is 5.22. The van der Waals surface area contributed by atoms with Crippen molar-refractivity contribution in [3.8, 4) is 0 Å². The second kappa shape index (κ2) is 17.0. The zero-order chi connectivity index (χ0) is 23.2. The predicted octanol–water partition coefficient (Wildman–Crippen LogP) is 7.40. The molecule has 2 N–H and O–H groups in total. The zero-order valence-corrected chi connectivity index (χ0v) is 20.3. The van der Waals surface area contributed by atoms with E-state index in [1.54, 1.807) is 7.11 Å². The molecule has 2 aliphatic rings. The lowest BCUT2D eigenvalue weighted by Crippen LogP contribution is -2.20. The summed E-state index contributed by atoms with van der Waals surface area (Å²) in [7, 11) is 1.73. The van der Waals surface area contributed by atoms with Gasteiger partial charge in [-0.25, -0.2) is 0 Å². The molecule has 2 rings (SSSR count). The number of methoxy groups -OCH3 is 1. The highest BCUT2D eigenvalue weighted by Gasteiger charge is 2.35. The molecule has 6 unspecified atom stereocenters. The van der Waals surface area contributed by atoms with Crippen LogP contribution in [-0.4, -0.2) is 29.4 Å². The van der Waals surface area contributed by atoms with Crippen molar-refractivity contribution in [3.05, 3.63) is 36.6 Å². The Labute approximate surface area is 197 Å². The van der Waals surface area contributed by atoms with E-state index in [1.807, 2.05) is 0 Å². The Kier molecular flexibility index (Phi) is 16.2. The lowest BCUT2D eigenvalue weighted by Gasteiger charge is -2.22. The van der Waals surface area contributed by atoms with E-state index < -0.39 is 5.97 Å². The van der Waals surface area contributed by atoms with Gasteiger partial charge in [0.15, 0.2) is 0 Å². The van der Waals surface area contributed by atoms with Crippen LogP contribution in [0.5, 0.6) is 0 Å². The van der Waals surface area contributed by atoms with Gasteiger partial charge in [0.05, 0.1) is 19.0 Å². The Morgan fingerprint density at radius 2 is 1.47 bits per heavy atom.